The molecular weight excluding hydrogens is 218 g/mol. The molecule has 94 valence electrons. The van der Waals surface area contributed by atoms with Crippen molar-refractivity contribution < 1.29 is 4.74 Å². The number of thioether (sulfide) groups is 1. The lowest BCUT2D eigenvalue weighted by molar-refractivity contribution is 0.0533. The SMILES string of the molecule is CSC1CCC(NCC2CCCOC2)CC1. The van der Waals surface area contributed by atoms with Crippen LogP contribution in [-0.2, 0) is 4.74 Å². The summed E-state index contributed by atoms with van der Waals surface area (Å²) in [4.78, 5) is 0. The second kappa shape index (κ2) is 6.87. The van der Waals surface area contributed by atoms with E-state index in [2.05, 4.69) is 11.6 Å². The van der Waals surface area contributed by atoms with Crippen LogP contribution >= 0.6 is 11.8 Å². The molecule has 1 atom stereocenters. The lowest BCUT2D eigenvalue weighted by atomic mass is 9.94. The van der Waals surface area contributed by atoms with Crippen molar-refractivity contribution in [3.05, 3.63) is 0 Å². The van der Waals surface area contributed by atoms with Gasteiger partial charge in [0.1, 0.15) is 0 Å². The van der Waals surface area contributed by atoms with Gasteiger partial charge >= 0.3 is 0 Å². The van der Waals surface area contributed by atoms with Gasteiger partial charge in [-0.25, -0.2) is 0 Å². The molecule has 1 aliphatic heterocycles. The van der Waals surface area contributed by atoms with Crippen LogP contribution < -0.4 is 5.32 Å². The van der Waals surface area contributed by atoms with Gasteiger partial charge in [0.15, 0.2) is 0 Å². The highest BCUT2D eigenvalue weighted by molar-refractivity contribution is 7.99. The zero-order valence-corrected chi connectivity index (χ0v) is 11.2. The van der Waals surface area contributed by atoms with Gasteiger partial charge in [-0.1, -0.05) is 0 Å². The highest BCUT2D eigenvalue weighted by Crippen LogP contribution is 2.27. The Hall–Kier alpha value is 0.270. The van der Waals surface area contributed by atoms with E-state index < -0.39 is 0 Å². The standard InChI is InChI=1S/C13H25NOS/c1-16-13-6-4-12(5-7-13)14-9-11-3-2-8-15-10-11/h11-14H,2-10H2,1H3. The van der Waals surface area contributed by atoms with Crippen molar-refractivity contribution in [2.24, 2.45) is 5.92 Å². The number of hydrogen-bond donors (Lipinski definition) is 1. The molecule has 3 heteroatoms. The molecule has 1 saturated carbocycles. The third-order valence-electron chi connectivity index (χ3n) is 3.96. The van der Waals surface area contributed by atoms with Crippen LogP contribution in [0.25, 0.3) is 0 Å². The third kappa shape index (κ3) is 3.94. The summed E-state index contributed by atoms with van der Waals surface area (Å²) in [6.07, 6.45) is 10.4. The first-order valence-corrected chi connectivity index (χ1v) is 8.01. The van der Waals surface area contributed by atoms with Gasteiger partial charge in [0.25, 0.3) is 0 Å². The summed E-state index contributed by atoms with van der Waals surface area (Å²) < 4.78 is 5.51. The maximum atomic E-state index is 5.51. The number of ether oxygens (including phenoxy) is 1. The van der Waals surface area contributed by atoms with Gasteiger partial charge in [-0.05, 0) is 50.7 Å². The molecule has 0 radical (unpaired) electrons. The molecule has 2 nitrogen and oxygen atoms in total. The fourth-order valence-corrected chi connectivity index (χ4v) is 3.55. The molecular formula is C13H25NOS. The van der Waals surface area contributed by atoms with Crippen LogP contribution in [0.15, 0.2) is 0 Å². The van der Waals surface area contributed by atoms with Gasteiger partial charge in [0.2, 0.25) is 0 Å². The molecule has 2 aliphatic rings. The normalized spacial score (nSPS) is 36.2. The van der Waals surface area contributed by atoms with Crippen molar-refractivity contribution in [3.8, 4) is 0 Å². The van der Waals surface area contributed by atoms with Gasteiger partial charge in [0, 0.05) is 24.4 Å². The van der Waals surface area contributed by atoms with E-state index in [1.165, 1.54) is 45.1 Å². The zero-order valence-electron chi connectivity index (χ0n) is 10.4. The molecule has 1 saturated heterocycles. The summed E-state index contributed by atoms with van der Waals surface area (Å²) >= 11 is 2.05. The predicted molar refractivity (Wildman–Crippen MR) is 71.1 cm³/mol. The fraction of sp³-hybridized carbons (Fsp3) is 1.00. The Morgan fingerprint density at radius 3 is 2.62 bits per heavy atom. The topological polar surface area (TPSA) is 21.3 Å². The Labute approximate surface area is 104 Å². The van der Waals surface area contributed by atoms with Gasteiger partial charge in [-0.15, -0.1) is 0 Å². The van der Waals surface area contributed by atoms with Crippen molar-refractivity contribution in [1.82, 2.24) is 5.32 Å². The average Bonchev–Trinajstić information content (AvgIpc) is 2.38. The highest BCUT2D eigenvalue weighted by Gasteiger charge is 2.21. The largest absolute Gasteiger partial charge is 0.381 e. The number of rotatable bonds is 4. The van der Waals surface area contributed by atoms with Crippen LogP contribution in [-0.4, -0.2) is 37.3 Å². The molecule has 2 fully saturated rings. The average molecular weight is 243 g/mol. The maximum Gasteiger partial charge on any atom is 0.0506 e. The molecule has 0 amide bonds. The van der Waals surface area contributed by atoms with E-state index in [1.54, 1.807) is 0 Å². The third-order valence-corrected chi connectivity index (χ3v) is 5.10. The van der Waals surface area contributed by atoms with E-state index in [1.807, 2.05) is 11.8 Å². The van der Waals surface area contributed by atoms with Crippen LogP contribution in [0.3, 0.4) is 0 Å². The number of nitrogens with one attached hydrogen (secondary N) is 1. The maximum absolute atomic E-state index is 5.51. The number of hydrogen-bond acceptors (Lipinski definition) is 3. The smallest absolute Gasteiger partial charge is 0.0506 e. The van der Waals surface area contributed by atoms with E-state index >= 15 is 0 Å². The Balaban J connectivity index is 1.59. The quantitative estimate of drug-likeness (QED) is 0.820. The first kappa shape index (κ1) is 12.7. The predicted octanol–water partition coefficient (Wildman–Crippen LogP) is 2.68. The Kier molecular flexibility index (Phi) is 5.46. The van der Waals surface area contributed by atoms with Gasteiger partial charge < -0.3 is 10.1 Å². The minimum atomic E-state index is 0.770. The first-order valence-electron chi connectivity index (χ1n) is 6.72. The molecule has 16 heavy (non-hydrogen) atoms. The van der Waals surface area contributed by atoms with Gasteiger partial charge in [0.05, 0.1) is 6.61 Å². The van der Waals surface area contributed by atoms with Crippen molar-refractivity contribution >= 4 is 11.8 Å². The highest BCUT2D eigenvalue weighted by atomic mass is 32.2. The summed E-state index contributed by atoms with van der Waals surface area (Å²) in [5.74, 6) is 0.770. The van der Waals surface area contributed by atoms with E-state index in [0.29, 0.717) is 0 Å². The Morgan fingerprint density at radius 1 is 1.19 bits per heavy atom. The molecule has 2 rings (SSSR count). The summed E-state index contributed by atoms with van der Waals surface area (Å²) in [5, 5.41) is 4.67. The van der Waals surface area contributed by atoms with E-state index in [-0.39, 0.29) is 0 Å². The second-order valence-corrected chi connectivity index (χ2v) is 6.34. The van der Waals surface area contributed by atoms with E-state index in [9.17, 15) is 0 Å². The van der Waals surface area contributed by atoms with E-state index in [4.69, 9.17) is 4.74 Å². The minimum Gasteiger partial charge on any atom is -0.381 e. The van der Waals surface area contributed by atoms with Crippen molar-refractivity contribution in [2.45, 2.75) is 49.8 Å². The van der Waals surface area contributed by atoms with Crippen LogP contribution in [0.5, 0.6) is 0 Å². The molecule has 0 spiro atoms. The molecule has 0 aromatic rings. The van der Waals surface area contributed by atoms with E-state index in [0.717, 1.165) is 30.4 Å². The molecule has 0 aromatic heterocycles. The van der Waals surface area contributed by atoms with Crippen LogP contribution in [0, 0.1) is 5.92 Å². The molecule has 1 N–H and O–H groups in total. The second-order valence-electron chi connectivity index (χ2n) is 5.20. The summed E-state index contributed by atoms with van der Waals surface area (Å²) in [7, 11) is 0. The Morgan fingerprint density at radius 2 is 2.00 bits per heavy atom. The zero-order chi connectivity index (χ0) is 11.2. The molecule has 1 heterocycles. The van der Waals surface area contributed by atoms with Gasteiger partial charge in [-0.3, -0.25) is 0 Å². The Bertz CT molecular complexity index is 186. The monoisotopic (exact) mass is 243 g/mol. The summed E-state index contributed by atoms with van der Waals surface area (Å²) in [5.41, 5.74) is 0. The van der Waals surface area contributed by atoms with Crippen LogP contribution in [0.4, 0.5) is 0 Å². The van der Waals surface area contributed by atoms with Gasteiger partial charge in [-0.2, -0.15) is 11.8 Å². The lowest BCUT2D eigenvalue weighted by Gasteiger charge is -2.30. The van der Waals surface area contributed by atoms with Crippen molar-refractivity contribution in [1.29, 1.82) is 0 Å². The van der Waals surface area contributed by atoms with Crippen LogP contribution in [0.1, 0.15) is 38.5 Å². The van der Waals surface area contributed by atoms with Crippen LogP contribution in [0.2, 0.25) is 0 Å². The minimum absolute atomic E-state index is 0.770. The fourth-order valence-electron chi connectivity index (χ4n) is 2.80. The molecule has 1 unspecified atom stereocenters. The molecule has 0 aromatic carbocycles. The van der Waals surface area contributed by atoms with Crippen molar-refractivity contribution in [3.63, 3.8) is 0 Å². The summed E-state index contributed by atoms with van der Waals surface area (Å²) in [6, 6.07) is 0.783. The van der Waals surface area contributed by atoms with Crippen molar-refractivity contribution in [2.75, 3.05) is 26.0 Å². The first-order chi connectivity index (χ1) is 7.88. The lowest BCUT2D eigenvalue weighted by Crippen LogP contribution is -2.38. The molecule has 1 aliphatic carbocycles. The molecule has 0 bridgehead atoms. The summed E-state index contributed by atoms with van der Waals surface area (Å²) in [6.45, 7) is 3.14.